The number of carbonyl (C=O) groups excluding carboxylic acids is 1. The van der Waals surface area contributed by atoms with Crippen LogP contribution in [-0.4, -0.2) is 46.1 Å². The van der Waals surface area contributed by atoms with E-state index in [1.165, 1.54) is 0 Å². The minimum Gasteiger partial charge on any atom is -0.481 e. The molecule has 2 saturated heterocycles. The summed E-state index contributed by atoms with van der Waals surface area (Å²) in [5.74, 6) is -2.26. The predicted molar refractivity (Wildman–Crippen MR) is 83.2 cm³/mol. The van der Waals surface area contributed by atoms with Crippen molar-refractivity contribution in [1.29, 1.82) is 0 Å². The van der Waals surface area contributed by atoms with Crippen LogP contribution in [0.1, 0.15) is 32.6 Å². The number of fused-ring (bicyclic) bond motifs is 3. The fraction of sp³-hybridized carbons (Fsp3) is 0.789. The molecule has 4 bridgehead atoms. The third-order valence-corrected chi connectivity index (χ3v) is 8.75. The smallest absolute Gasteiger partial charge is 0.315 e. The topological polar surface area (TPSA) is 96.4 Å². The first-order chi connectivity index (χ1) is 11.8. The van der Waals surface area contributed by atoms with E-state index < -0.39 is 52.5 Å². The molecule has 134 valence electrons. The number of carboxylic acids is 1. The number of aliphatic hydroxyl groups excluding tert-OH is 1. The van der Waals surface area contributed by atoms with E-state index in [1.807, 2.05) is 0 Å². The molecule has 0 amide bonds. The fourth-order valence-corrected chi connectivity index (χ4v) is 7.99. The van der Waals surface area contributed by atoms with E-state index in [-0.39, 0.29) is 11.9 Å². The van der Waals surface area contributed by atoms with E-state index in [1.54, 1.807) is 6.92 Å². The third-order valence-electron chi connectivity index (χ3n) is 8.75. The largest absolute Gasteiger partial charge is 0.481 e. The lowest BCUT2D eigenvalue weighted by Gasteiger charge is -2.45. The predicted octanol–water partition coefficient (Wildman–Crippen LogP) is 1.12. The lowest BCUT2D eigenvalue weighted by Crippen LogP contribution is -2.59. The van der Waals surface area contributed by atoms with Gasteiger partial charge in [-0.15, -0.1) is 0 Å². The Hall–Kier alpha value is -1.40. The number of carbonyl (C=O) groups is 2. The summed E-state index contributed by atoms with van der Waals surface area (Å²) < 4.78 is 11.7. The molecular weight excluding hydrogens is 324 g/mol. The van der Waals surface area contributed by atoms with Crippen molar-refractivity contribution in [1.82, 2.24) is 0 Å². The Morgan fingerprint density at radius 2 is 2.12 bits per heavy atom. The maximum Gasteiger partial charge on any atom is 0.315 e. The van der Waals surface area contributed by atoms with Crippen LogP contribution >= 0.6 is 0 Å². The Kier molecular flexibility index (Phi) is 2.25. The third kappa shape index (κ3) is 1.22. The summed E-state index contributed by atoms with van der Waals surface area (Å²) in [6.07, 6.45) is 1.42. The van der Waals surface area contributed by atoms with E-state index >= 15 is 0 Å². The van der Waals surface area contributed by atoms with Gasteiger partial charge < -0.3 is 19.7 Å². The van der Waals surface area contributed by atoms with Crippen molar-refractivity contribution in [3.8, 4) is 0 Å². The number of aliphatic carboxylic acids is 1. The van der Waals surface area contributed by atoms with E-state index in [0.717, 1.165) is 24.8 Å². The first-order valence-electron chi connectivity index (χ1n) is 9.26. The van der Waals surface area contributed by atoms with Crippen LogP contribution in [0.4, 0.5) is 0 Å². The van der Waals surface area contributed by atoms with Crippen molar-refractivity contribution >= 4 is 11.9 Å². The molecule has 0 aromatic carbocycles. The molecule has 10 atom stereocenters. The lowest BCUT2D eigenvalue weighted by atomic mass is 9.59. The number of hydrogen-bond acceptors (Lipinski definition) is 5. The van der Waals surface area contributed by atoms with Crippen LogP contribution in [0.25, 0.3) is 0 Å². The number of epoxide rings is 1. The minimum absolute atomic E-state index is 0.132. The summed E-state index contributed by atoms with van der Waals surface area (Å²) in [6.45, 7) is 6.01. The number of aliphatic hydroxyl groups is 1. The zero-order valence-electron chi connectivity index (χ0n) is 14.1. The fourth-order valence-electron chi connectivity index (χ4n) is 7.99. The molecule has 6 nitrogen and oxygen atoms in total. The monoisotopic (exact) mass is 346 g/mol. The van der Waals surface area contributed by atoms with Crippen molar-refractivity contribution < 1.29 is 29.3 Å². The SMILES string of the molecule is C=C1C[C@]23C[C@H]1CC[C@H]2[C@@]12OC(=O)[C@](C)([C@H]1[C@@H]3C(=O)O)[C@H]1O[C@H]1[C@H]2O. The average Bonchev–Trinajstić information content (AvgIpc) is 3.22. The summed E-state index contributed by atoms with van der Waals surface area (Å²) in [5, 5.41) is 21.3. The molecule has 2 N–H and O–H groups in total. The molecule has 2 aliphatic heterocycles. The summed E-state index contributed by atoms with van der Waals surface area (Å²) in [4.78, 5) is 25.3. The summed E-state index contributed by atoms with van der Waals surface area (Å²) in [7, 11) is 0. The Balaban J connectivity index is 1.63. The van der Waals surface area contributed by atoms with Crippen LogP contribution in [0.15, 0.2) is 12.2 Å². The Bertz CT molecular complexity index is 761. The highest BCUT2D eigenvalue weighted by atomic mass is 16.6. The molecule has 6 heteroatoms. The number of allylic oxidation sites excluding steroid dienone is 1. The van der Waals surface area contributed by atoms with Crippen LogP contribution in [-0.2, 0) is 19.1 Å². The maximum atomic E-state index is 12.9. The van der Waals surface area contributed by atoms with Gasteiger partial charge in [0.1, 0.15) is 29.3 Å². The van der Waals surface area contributed by atoms with Crippen LogP contribution in [0.2, 0.25) is 0 Å². The second-order valence-electron chi connectivity index (χ2n) is 9.38. The number of hydrogen-bond donors (Lipinski definition) is 2. The zero-order valence-corrected chi connectivity index (χ0v) is 14.1. The van der Waals surface area contributed by atoms with Crippen molar-refractivity contribution in [3.05, 3.63) is 12.2 Å². The lowest BCUT2D eigenvalue weighted by molar-refractivity contribution is -0.178. The molecule has 0 aromatic rings. The first kappa shape index (κ1) is 14.7. The van der Waals surface area contributed by atoms with Gasteiger partial charge in [-0.1, -0.05) is 12.2 Å². The van der Waals surface area contributed by atoms with Gasteiger partial charge in [-0.3, -0.25) is 9.59 Å². The molecule has 25 heavy (non-hydrogen) atoms. The Labute approximate surface area is 145 Å². The van der Waals surface area contributed by atoms with Crippen LogP contribution in [0.3, 0.4) is 0 Å². The second-order valence-corrected chi connectivity index (χ2v) is 9.38. The minimum atomic E-state index is -1.11. The molecule has 4 aliphatic carbocycles. The highest BCUT2D eigenvalue weighted by Gasteiger charge is 2.90. The molecule has 6 rings (SSSR count). The summed E-state index contributed by atoms with van der Waals surface area (Å²) >= 11 is 0. The molecular formula is C19H22O6. The molecule has 0 aromatic heterocycles. The molecule has 1 spiro atoms. The van der Waals surface area contributed by atoms with Gasteiger partial charge in [0.25, 0.3) is 0 Å². The van der Waals surface area contributed by atoms with E-state index in [2.05, 4.69) is 6.58 Å². The van der Waals surface area contributed by atoms with E-state index in [0.29, 0.717) is 12.3 Å². The number of carboxylic acid groups (broad SMARTS) is 1. The van der Waals surface area contributed by atoms with Gasteiger partial charge >= 0.3 is 11.9 Å². The van der Waals surface area contributed by atoms with Gasteiger partial charge in [0.15, 0.2) is 0 Å². The average molecular weight is 346 g/mol. The molecule has 6 aliphatic rings. The van der Waals surface area contributed by atoms with E-state index in [4.69, 9.17) is 9.47 Å². The van der Waals surface area contributed by atoms with Crippen molar-refractivity contribution in [2.45, 2.75) is 56.5 Å². The first-order valence-corrected chi connectivity index (χ1v) is 9.26. The van der Waals surface area contributed by atoms with Crippen LogP contribution < -0.4 is 0 Å². The van der Waals surface area contributed by atoms with Gasteiger partial charge in [0.05, 0.1) is 5.92 Å². The second kappa shape index (κ2) is 3.81. The van der Waals surface area contributed by atoms with Gasteiger partial charge in [0, 0.05) is 11.8 Å². The summed E-state index contributed by atoms with van der Waals surface area (Å²) in [5.41, 5.74) is -1.40. The Morgan fingerprint density at radius 1 is 1.36 bits per heavy atom. The number of ether oxygens (including phenoxy) is 2. The maximum absolute atomic E-state index is 12.9. The quantitative estimate of drug-likeness (QED) is 0.420. The summed E-state index contributed by atoms with van der Waals surface area (Å²) in [6, 6.07) is 0. The van der Waals surface area contributed by atoms with Crippen molar-refractivity contribution in [3.63, 3.8) is 0 Å². The highest BCUT2D eigenvalue weighted by Crippen LogP contribution is 2.79. The van der Waals surface area contributed by atoms with Crippen LogP contribution in [0.5, 0.6) is 0 Å². The van der Waals surface area contributed by atoms with Gasteiger partial charge in [-0.25, -0.2) is 0 Å². The molecule has 2 heterocycles. The molecule has 4 saturated carbocycles. The highest BCUT2D eigenvalue weighted by molar-refractivity contribution is 5.86. The molecule has 0 unspecified atom stereocenters. The molecule has 6 fully saturated rings. The van der Waals surface area contributed by atoms with Crippen molar-refractivity contribution in [2.75, 3.05) is 0 Å². The number of rotatable bonds is 1. The van der Waals surface area contributed by atoms with Crippen molar-refractivity contribution in [2.24, 2.45) is 34.5 Å². The van der Waals surface area contributed by atoms with Gasteiger partial charge in [-0.05, 0) is 43.9 Å². The van der Waals surface area contributed by atoms with Crippen LogP contribution in [0, 0.1) is 34.5 Å². The normalized spacial score (nSPS) is 62.9. The number of esters is 1. The molecule has 0 radical (unpaired) electrons. The van der Waals surface area contributed by atoms with Gasteiger partial charge in [0.2, 0.25) is 0 Å². The van der Waals surface area contributed by atoms with Gasteiger partial charge in [-0.2, -0.15) is 0 Å². The Morgan fingerprint density at radius 3 is 2.84 bits per heavy atom. The van der Waals surface area contributed by atoms with E-state index in [9.17, 15) is 19.8 Å². The standard InChI is InChI=1S/C19H22O6/c1-7-5-18-6-8(7)3-4-9(18)19-12(10(18)15(21)22)17(2,16(23)25-19)14-11(24-14)13(19)20/h8-14,20H,1,3-6H2,2H3,(H,21,22)/t8-,9-,10-,11+,12-,13-,14+,17-,18+,19-/m1/s1. The zero-order chi connectivity index (χ0) is 17.5.